The molecule has 2 aromatic heterocycles. The molecule has 0 saturated carbocycles. The van der Waals surface area contributed by atoms with Gasteiger partial charge in [0.15, 0.2) is 11.5 Å². The van der Waals surface area contributed by atoms with Crippen LogP contribution in [0, 0.1) is 6.92 Å². The number of aromatic nitrogens is 3. The van der Waals surface area contributed by atoms with E-state index >= 15 is 0 Å². The smallest absolute Gasteiger partial charge is 0.273 e. The monoisotopic (exact) mass is 490 g/mol. The normalized spacial score (nSPS) is 14.8. The number of halogens is 1. The third-order valence-corrected chi connectivity index (χ3v) is 6.60. The van der Waals surface area contributed by atoms with Crippen molar-refractivity contribution < 1.29 is 19.4 Å². The lowest BCUT2D eigenvalue weighted by Gasteiger charge is -2.27. The highest BCUT2D eigenvalue weighted by atomic mass is 35.5. The lowest BCUT2D eigenvalue weighted by molar-refractivity contribution is 0.0729. The van der Waals surface area contributed by atoms with E-state index in [1.165, 1.54) is 0 Å². The number of amides is 1. The van der Waals surface area contributed by atoms with Crippen molar-refractivity contribution in [2.45, 2.75) is 19.5 Å². The zero-order valence-electron chi connectivity index (χ0n) is 19.4. The van der Waals surface area contributed by atoms with Gasteiger partial charge in [0.2, 0.25) is 0 Å². The van der Waals surface area contributed by atoms with Gasteiger partial charge in [0.25, 0.3) is 5.91 Å². The van der Waals surface area contributed by atoms with Crippen LogP contribution in [0.2, 0.25) is 5.02 Å². The fourth-order valence-electron chi connectivity index (χ4n) is 4.48. The zero-order valence-corrected chi connectivity index (χ0v) is 20.1. The minimum Gasteiger partial charge on any atom is -0.507 e. The van der Waals surface area contributed by atoms with Gasteiger partial charge in [-0.1, -0.05) is 23.7 Å². The van der Waals surface area contributed by atoms with Crippen molar-refractivity contribution in [1.82, 2.24) is 20.1 Å². The number of phenols is 1. The molecule has 0 saturated heterocycles. The average Bonchev–Trinajstić information content (AvgIpc) is 3.40. The number of nitrogens with zero attached hydrogens (tertiary/aromatic N) is 3. The topological polar surface area (TPSA) is 101 Å². The number of methoxy groups -OCH3 is 2. The molecule has 9 heteroatoms. The lowest BCUT2D eigenvalue weighted by Crippen LogP contribution is -2.29. The Balaban J connectivity index is 1.70. The molecule has 178 valence electrons. The van der Waals surface area contributed by atoms with E-state index in [9.17, 15) is 9.90 Å². The van der Waals surface area contributed by atoms with Gasteiger partial charge in [-0.15, -0.1) is 0 Å². The zero-order chi connectivity index (χ0) is 24.7. The van der Waals surface area contributed by atoms with Gasteiger partial charge in [-0.25, -0.2) is 0 Å². The first-order valence-corrected chi connectivity index (χ1v) is 11.3. The fourth-order valence-corrected chi connectivity index (χ4v) is 4.64. The highest BCUT2D eigenvalue weighted by Crippen LogP contribution is 2.47. The molecule has 4 aromatic rings. The van der Waals surface area contributed by atoms with Crippen LogP contribution in [0.25, 0.3) is 11.3 Å². The van der Waals surface area contributed by atoms with Crippen molar-refractivity contribution in [3.05, 3.63) is 87.8 Å². The fraction of sp³-hybridized carbons (Fsp3) is 0.192. The Hall–Kier alpha value is -4.04. The molecule has 0 spiro atoms. The second-order valence-electron chi connectivity index (χ2n) is 8.29. The van der Waals surface area contributed by atoms with Crippen molar-refractivity contribution in [2.75, 3.05) is 14.2 Å². The Bertz CT molecular complexity index is 1420. The van der Waals surface area contributed by atoms with Crippen molar-refractivity contribution >= 4 is 17.5 Å². The molecular formula is C26H23ClN4O4. The second-order valence-corrected chi connectivity index (χ2v) is 8.70. The molecule has 2 aromatic carbocycles. The predicted octanol–water partition coefficient (Wildman–Crippen LogP) is 4.90. The molecule has 3 heterocycles. The standard InChI is InChI=1S/C26H23ClN4O4/c1-14-9-19(32)17(11-18(14)27)23-22-24(30-29-23)26(33)31(13-15-5-4-8-28-12-15)25(22)16-6-7-20(34-2)21(10-16)35-3/h4-12,25,32H,13H2,1-3H3,(H,29,30)/t25-/m0/s1. The maximum Gasteiger partial charge on any atom is 0.273 e. The van der Waals surface area contributed by atoms with E-state index in [1.54, 1.807) is 49.7 Å². The van der Waals surface area contributed by atoms with E-state index in [0.717, 1.165) is 16.7 Å². The molecule has 0 unspecified atom stereocenters. The van der Waals surface area contributed by atoms with Crippen LogP contribution in [0.3, 0.4) is 0 Å². The van der Waals surface area contributed by atoms with E-state index in [-0.39, 0.29) is 11.7 Å². The minimum absolute atomic E-state index is 0.0328. The van der Waals surface area contributed by atoms with Crippen molar-refractivity contribution in [1.29, 1.82) is 0 Å². The molecule has 0 radical (unpaired) electrons. The number of phenolic OH excluding ortho intramolecular Hbond substituents is 1. The number of ether oxygens (including phenoxy) is 2. The largest absolute Gasteiger partial charge is 0.507 e. The number of aromatic hydroxyl groups is 1. The van der Waals surface area contributed by atoms with E-state index < -0.39 is 6.04 Å². The summed E-state index contributed by atoms with van der Waals surface area (Å²) in [5.41, 5.74) is 4.35. The molecular weight excluding hydrogens is 468 g/mol. The van der Waals surface area contributed by atoms with Gasteiger partial charge in [0.05, 0.1) is 20.3 Å². The predicted molar refractivity (Wildman–Crippen MR) is 131 cm³/mol. The summed E-state index contributed by atoms with van der Waals surface area (Å²) < 4.78 is 10.9. The second kappa shape index (κ2) is 8.96. The van der Waals surface area contributed by atoms with E-state index in [1.807, 2.05) is 31.2 Å². The summed E-state index contributed by atoms with van der Waals surface area (Å²) in [5, 5.41) is 18.6. The first-order valence-electron chi connectivity index (χ1n) is 10.9. The number of benzene rings is 2. The summed E-state index contributed by atoms with van der Waals surface area (Å²) in [7, 11) is 3.14. The quantitative estimate of drug-likeness (QED) is 0.398. The van der Waals surface area contributed by atoms with Crippen molar-refractivity contribution in [2.24, 2.45) is 0 Å². The van der Waals surface area contributed by atoms with Gasteiger partial charge >= 0.3 is 0 Å². The average molecular weight is 491 g/mol. The molecule has 0 bridgehead atoms. The Morgan fingerprint density at radius 3 is 2.66 bits per heavy atom. The number of pyridine rings is 1. The van der Waals surface area contributed by atoms with Crippen LogP contribution in [0.4, 0.5) is 0 Å². The molecule has 5 rings (SSSR count). The summed E-state index contributed by atoms with van der Waals surface area (Å²) in [5.74, 6) is 0.944. The van der Waals surface area contributed by atoms with Crippen LogP contribution >= 0.6 is 11.6 Å². The molecule has 1 aliphatic rings. The maximum absolute atomic E-state index is 13.6. The van der Waals surface area contributed by atoms with Gasteiger partial charge in [0, 0.05) is 35.1 Å². The maximum atomic E-state index is 13.6. The van der Waals surface area contributed by atoms with Crippen molar-refractivity contribution in [3.8, 4) is 28.5 Å². The van der Waals surface area contributed by atoms with Crippen LogP contribution in [0.5, 0.6) is 17.2 Å². The molecule has 35 heavy (non-hydrogen) atoms. The van der Waals surface area contributed by atoms with Crippen LogP contribution in [0.1, 0.15) is 38.8 Å². The Labute approximate surface area is 207 Å². The van der Waals surface area contributed by atoms with Gasteiger partial charge in [-0.05, 0) is 53.9 Å². The van der Waals surface area contributed by atoms with E-state index in [2.05, 4.69) is 15.2 Å². The first kappa shape index (κ1) is 22.7. The first-order chi connectivity index (χ1) is 16.9. The SMILES string of the molecule is COc1ccc([C@H]2c3c(-c4cc(Cl)c(C)cc4O)n[nH]c3C(=O)N2Cc2cccnc2)cc1OC. The number of fused-ring (bicyclic) bond motifs is 1. The van der Waals surface area contributed by atoms with Crippen LogP contribution in [-0.2, 0) is 6.54 Å². The third kappa shape index (κ3) is 3.85. The van der Waals surface area contributed by atoms with Gasteiger partial charge in [-0.3, -0.25) is 14.9 Å². The van der Waals surface area contributed by atoms with Gasteiger partial charge < -0.3 is 19.5 Å². The molecule has 1 atom stereocenters. The Morgan fingerprint density at radius 1 is 1.14 bits per heavy atom. The Kier molecular flexibility index (Phi) is 5.82. The number of rotatable bonds is 6. The number of H-pyrrole nitrogens is 1. The number of carbonyl (C=O) groups excluding carboxylic acids is 1. The number of aromatic amines is 1. The van der Waals surface area contributed by atoms with Crippen LogP contribution in [0.15, 0.2) is 54.9 Å². The van der Waals surface area contributed by atoms with E-state index in [0.29, 0.717) is 45.6 Å². The summed E-state index contributed by atoms with van der Waals surface area (Å²) in [6.45, 7) is 2.14. The number of hydrogen-bond acceptors (Lipinski definition) is 6. The molecule has 0 aliphatic carbocycles. The van der Waals surface area contributed by atoms with E-state index in [4.69, 9.17) is 21.1 Å². The third-order valence-electron chi connectivity index (χ3n) is 6.19. The minimum atomic E-state index is -0.509. The number of carbonyl (C=O) groups is 1. The highest BCUT2D eigenvalue weighted by Gasteiger charge is 2.43. The molecule has 2 N–H and O–H groups in total. The summed E-state index contributed by atoms with van der Waals surface area (Å²) in [6.07, 6.45) is 3.42. The van der Waals surface area contributed by atoms with Crippen LogP contribution < -0.4 is 9.47 Å². The van der Waals surface area contributed by atoms with Crippen molar-refractivity contribution in [3.63, 3.8) is 0 Å². The molecule has 0 fully saturated rings. The number of hydrogen-bond donors (Lipinski definition) is 2. The summed E-state index contributed by atoms with van der Waals surface area (Å²) in [6, 6.07) is 12.1. The number of nitrogens with one attached hydrogen (secondary N) is 1. The molecule has 1 amide bonds. The van der Waals surface area contributed by atoms with Crippen LogP contribution in [-0.4, -0.2) is 45.3 Å². The lowest BCUT2D eigenvalue weighted by atomic mass is 9.95. The molecule has 8 nitrogen and oxygen atoms in total. The summed E-state index contributed by atoms with van der Waals surface area (Å²) in [4.78, 5) is 19.5. The van der Waals surface area contributed by atoms with Gasteiger partial charge in [0.1, 0.15) is 17.1 Å². The Morgan fingerprint density at radius 2 is 1.94 bits per heavy atom. The highest BCUT2D eigenvalue weighted by molar-refractivity contribution is 6.31. The van der Waals surface area contributed by atoms with Gasteiger partial charge in [-0.2, -0.15) is 5.10 Å². The summed E-state index contributed by atoms with van der Waals surface area (Å²) >= 11 is 6.38. The molecule has 1 aliphatic heterocycles. The number of aryl methyl sites for hydroxylation is 1.